The topological polar surface area (TPSA) is 90.9 Å². The lowest BCUT2D eigenvalue weighted by Crippen LogP contribution is -2.01. The highest BCUT2D eigenvalue weighted by atomic mass is 32.1. The smallest absolute Gasteiger partial charge is 0.249 e. The summed E-state index contributed by atoms with van der Waals surface area (Å²) in [6, 6.07) is 7.52. The van der Waals surface area contributed by atoms with E-state index in [4.69, 9.17) is 10.5 Å². The van der Waals surface area contributed by atoms with E-state index in [0.717, 1.165) is 10.6 Å². The van der Waals surface area contributed by atoms with Crippen LogP contribution in [0.4, 0.5) is 17.6 Å². The monoisotopic (exact) mass is 302 g/mol. The number of thiazole rings is 1. The van der Waals surface area contributed by atoms with Gasteiger partial charge in [-0.3, -0.25) is 0 Å². The van der Waals surface area contributed by atoms with Crippen LogP contribution in [0.3, 0.4) is 0 Å². The van der Waals surface area contributed by atoms with Crippen molar-refractivity contribution in [3.05, 3.63) is 35.3 Å². The molecule has 2 aromatic heterocycles. The largest absolute Gasteiger partial charge is 0.495 e. The van der Waals surface area contributed by atoms with Gasteiger partial charge in [0, 0.05) is 11.1 Å². The van der Waals surface area contributed by atoms with E-state index in [2.05, 4.69) is 20.4 Å². The summed E-state index contributed by atoms with van der Waals surface area (Å²) in [5.74, 6) is 1.38. The molecule has 0 aliphatic heterocycles. The summed E-state index contributed by atoms with van der Waals surface area (Å²) < 4.78 is 6.79. The van der Waals surface area contributed by atoms with Crippen molar-refractivity contribution in [3.63, 3.8) is 0 Å². The number of methoxy groups -OCH3 is 1. The minimum atomic E-state index is 0.279. The molecule has 0 atom stereocenters. The Morgan fingerprint density at radius 2 is 2.14 bits per heavy atom. The highest BCUT2D eigenvalue weighted by Crippen LogP contribution is 2.26. The lowest BCUT2D eigenvalue weighted by Gasteiger charge is -2.07. The van der Waals surface area contributed by atoms with Gasteiger partial charge in [-0.05, 0) is 19.1 Å². The van der Waals surface area contributed by atoms with Crippen LogP contribution in [0.2, 0.25) is 0 Å². The van der Waals surface area contributed by atoms with Crippen molar-refractivity contribution in [2.45, 2.75) is 6.92 Å². The minimum Gasteiger partial charge on any atom is -0.495 e. The first kappa shape index (κ1) is 13.4. The molecular weight excluding hydrogens is 288 g/mol. The molecule has 3 aromatic rings. The molecule has 0 unspecified atom stereocenters. The van der Waals surface area contributed by atoms with E-state index in [-0.39, 0.29) is 5.95 Å². The summed E-state index contributed by atoms with van der Waals surface area (Å²) in [6.45, 7) is 1.97. The number of benzene rings is 1. The predicted molar refractivity (Wildman–Crippen MR) is 82.5 cm³/mol. The molecule has 0 bridgehead atoms. The van der Waals surface area contributed by atoms with Crippen molar-refractivity contribution in [3.8, 4) is 10.9 Å². The van der Waals surface area contributed by atoms with Gasteiger partial charge in [0.25, 0.3) is 0 Å². The van der Waals surface area contributed by atoms with Gasteiger partial charge < -0.3 is 15.8 Å². The number of hydrogen-bond acceptors (Lipinski definition) is 7. The van der Waals surface area contributed by atoms with Gasteiger partial charge in [0.2, 0.25) is 17.0 Å². The molecule has 0 aliphatic rings. The predicted octanol–water partition coefficient (Wildman–Crippen LogP) is 2.37. The second-order valence-corrected chi connectivity index (χ2v) is 5.50. The van der Waals surface area contributed by atoms with E-state index >= 15 is 0 Å². The molecule has 2 heterocycles. The van der Waals surface area contributed by atoms with Crippen LogP contribution in [0, 0.1) is 6.92 Å². The molecule has 1 aromatic carbocycles. The molecule has 0 saturated heterocycles. The number of hydrogen-bond donors (Lipinski definition) is 2. The lowest BCUT2D eigenvalue weighted by molar-refractivity contribution is 0.417. The van der Waals surface area contributed by atoms with Crippen LogP contribution in [-0.4, -0.2) is 26.9 Å². The van der Waals surface area contributed by atoms with Crippen molar-refractivity contribution in [1.29, 1.82) is 0 Å². The molecule has 0 amide bonds. The normalized spacial score (nSPS) is 10.6. The van der Waals surface area contributed by atoms with E-state index in [1.54, 1.807) is 13.3 Å². The van der Waals surface area contributed by atoms with E-state index < -0.39 is 0 Å². The Hall–Kier alpha value is -2.61. The number of ether oxygens (including phenoxy) is 1. The number of anilines is 3. The zero-order chi connectivity index (χ0) is 14.8. The Morgan fingerprint density at radius 3 is 2.86 bits per heavy atom. The van der Waals surface area contributed by atoms with Crippen molar-refractivity contribution < 1.29 is 4.74 Å². The lowest BCUT2D eigenvalue weighted by atomic mass is 10.3. The number of aromatic nitrogens is 4. The van der Waals surface area contributed by atoms with E-state index in [9.17, 15) is 0 Å². The Labute approximate surface area is 125 Å². The summed E-state index contributed by atoms with van der Waals surface area (Å²) >= 11 is 1.50. The molecule has 0 radical (unpaired) electrons. The fraction of sp³-hybridized carbons (Fsp3) is 0.154. The first-order valence-corrected chi connectivity index (χ1v) is 7.04. The Morgan fingerprint density at radius 1 is 1.33 bits per heavy atom. The number of nitrogen functional groups attached to an aromatic ring is 1. The van der Waals surface area contributed by atoms with Gasteiger partial charge in [0.05, 0.1) is 12.8 Å². The molecule has 0 fully saturated rings. The molecule has 8 heteroatoms. The second-order valence-electron chi connectivity index (χ2n) is 4.28. The third kappa shape index (κ3) is 2.65. The zero-order valence-corrected chi connectivity index (χ0v) is 12.4. The van der Waals surface area contributed by atoms with Gasteiger partial charge in [-0.25, -0.2) is 4.98 Å². The van der Waals surface area contributed by atoms with E-state index in [1.807, 2.05) is 31.2 Å². The van der Waals surface area contributed by atoms with Crippen LogP contribution >= 0.6 is 11.3 Å². The zero-order valence-electron chi connectivity index (χ0n) is 11.6. The number of nitrogens with zero attached hydrogens (tertiary/aromatic N) is 4. The molecule has 3 N–H and O–H groups in total. The fourth-order valence-electron chi connectivity index (χ4n) is 1.83. The number of nitrogens with one attached hydrogen (secondary N) is 1. The maximum Gasteiger partial charge on any atom is 0.249 e. The van der Waals surface area contributed by atoms with Gasteiger partial charge in [-0.15, -0.1) is 16.4 Å². The average molecular weight is 302 g/mol. The molecule has 0 saturated carbocycles. The van der Waals surface area contributed by atoms with Gasteiger partial charge in [0.1, 0.15) is 5.75 Å². The number of para-hydroxylation sites is 2. The standard InChI is InChI=1S/C13H14N6OS/c1-8-7-15-13(21-8)19-11(14)17-12(18-19)16-9-5-3-4-6-10(9)20-2/h3-7H,1-2H3,(H3,14,16,17,18). The average Bonchev–Trinajstić information content (AvgIpc) is 3.05. The first-order valence-electron chi connectivity index (χ1n) is 6.23. The Bertz CT molecular complexity index is 766. The van der Waals surface area contributed by atoms with Crippen molar-refractivity contribution >= 4 is 28.9 Å². The first-order chi connectivity index (χ1) is 10.2. The second kappa shape index (κ2) is 5.41. The Balaban J connectivity index is 1.91. The van der Waals surface area contributed by atoms with Gasteiger partial charge >= 0.3 is 0 Å². The summed E-state index contributed by atoms with van der Waals surface area (Å²) in [5, 5.41) is 8.10. The molecule has 108 valence electrons. The molecule has 0 spiro atoms. The molecule has 3 rings (SSSR count). The van der Waals surface area contributed by atoms with Crippen LogP contribution in [0.15, 0.2) is 30.5 Å². The van der Waals surface area contributed by atoms with Gasteiger partial charge in [-0.2, -0.15) is 9.67 Å². The van der Waals surface area contributed by atoms with Crippen LogP contribution in [0.5, 0.6) is 5.75 Å². The van der Waals surface area contributed by atoms with Crippen molar-refractivity contribution in [1.82, 2.24) is 19.7 Å². The van der Waals surface area contributed by atoms with Crippen molar-refractivity contribution in [2.75, 3.05) is 18.2 Å². The Kier molecular flexibility index (Phi) is 3.44. The third-order valence-corrected chi connectivity index (χ3v) is 3.66. The van der Waals surface area contributed by atoms with E-state index in [0.29, 0.717) is 16.8 Å². The maximum atomic E-state index is 5.89. The van der Waals surface area contributed by atoms with Crippen LogP contribution < -0.4 is 15.8 Å². The number of aryl methyl sites for hydroxylation is 1. The summed E-state index contributed by atoms with van der Waals surface area (Å²) in [5.41, 5.74) is 6.66. The van der Waals surface area contributed by atoms with Crippen molar-refractivity contribution in [2.24, 2.45) is 0 Å². The highest BCUT2D eigenvalue weighted by Gasteiger charge is 2.12. The minimum absolute atomic E-state index is 0.279. The number of rotatable bonds is 4. The van der Waals surface area contributed by atoms with Gasteiger partial charge in [-0.1, -0.05) is 12.1 Å². The van der Waals surface area contributed by atoms with Crippen LogP contribution in [0.1, 0.15) is 4.88 Å². The quantitative estimate of drug-likeness (QED) is 0.769. The molecular formula is C13H14N6OS. The summed E-state index contributed by atoms with van der Waals surface area (Å²) in [4.78, 5) is 9.53. The van der Waals surface area contributed by atoms with Gasteiger partial charge in [0.15, 0.2) is 0 Å². The van der Waals surface area contributed by atoms with Crippen LogP contribution in [0.25, 0.3) is 5.13 Å². The fourth-order valence-corrected chi connectivity index (χ4v) is 2.55. The SMILES string of the molecule is COc1ccccc1Nc1nc(N)n(-c2ncc(C)s2)n1. The van der Waals surface area contributed by atoms with Crippen LogP contribution in [-0.2, 0) is 0 Å². The summed E-state index contributed by atoms with van der Waals surface area (Å²) in [6.07, 6.45) is 1.77. The maximum absolute atomic E-state index is 5.89. The van der Waals surface area contributed by atoms with E-state index in [1.165, 1.54) is 16.0 Å². The summed E-state index contributed by atoms with van der Waals surface area (Å²) in [7, 11) is 1.61. The third-order valence-electron chi connectivity index (χ3n) is 2.78. The molecule has 21 heavy (non-hydrogen) atoms. The molecule has 7 nitrogen and oxygen atoms in total. The molecule has 0 aliphatic carbocycles. The highest BCUT2D eigenvalue weighted by molar-refractivity contribution is 7.14. The number of nitrogens with two attached hydrogens (primary N) is 1.